The van der Waals surface area contributed by atoms with Crippen LogP contribution in [0.15, 0.2) is 0 Å². The molecule has 0 radical (unpaired) electrons. The second-order valence-corrected chi connectivity index (χ2v) is 1.15. The van der Waals surface area contributed by atoms with Gasteiger partial charge in [0.25, 0.3) is 0 Å². The molecule has 0 amide bonds. The quantitative estimate of drug-likeness (QED) is 0.364. The molecule has 0 bridgehead atoms. The van der Waals surface area contributed by atoms with E-state index in [-0.39, 0.29) is 0 Å². The van der Waals surface area contributed by atoms with Gasteiger partial charge in [-0.15, -0.1) is 0 Å². The molecule has 0 unspecified atom stereocenters. The third-order valence-electron chi connectivity index (χ3n) is 0.365. The molecule has 0 aromatic rings. The van der Waals surface area contributed by atoms with Crippen LogP contribution in [0.25, 0.3) is 0 Å². The predicted octanol–water partition coefficient (Wildman–Crippen LogP) is -0.792. The van der Waals surface area contributed by atoms with Gasteiger partial charge in [-0.25, -0.2) is 0 Å². The summed E-state index contributed by atoms with van der Waals surface area (Å²) < 4.78 is 0. The van der Waals surface area contributed by atoms with Crippen LogP contribution < -0.4 is 0 Å². The normalized spacial score (nSPS) is 6.60. The van der Waals surface area contributed by atoms with Gasteiger partial charge in [-0.3, -0.25) is 0 Å². The van der Waals surface area contributed by atoms with Gasteiger partial charge in [-0.1, -0.05) is 0 Å². The molecule has 0 aromatic carbocycles. The van der Waals surface area contributed by atoms with Crippen LogP contribution in [0.3, 0.4) is 0 Å². The van der Waals surface area contributed by atoms with Crippen LogP contribution in [0.2, 0.25) is 0 Å². The van der Waals surface area contributed by atoms with Crippen molar-refractivity contribution in [2.24, 2.45) is 0 Å². The van der Waals surface area contributed by atoms with Crippen molar-refractivity contribution in [2.45, 2.75) is 0 Å². The van der Waals surface area contributed by atoms with Gasteiger partial charge in [-0.05, 0) is 0 Å². The maximum atomic E-state index is 3.49. The van der Waals surface area contributed by atoms with Gasteiger partial charge >= 0.3 is 32.6 Å². The van der Waals surface area contributed by atoms with Gasteiger partial charge in [-0.2, -0.15) is 0 Å². The van der Waals surface area contributed by atoms with Gasteiger partial charge in [0.2, 0.25) is 0 Å². The molecule has 0 aliphatic rings. The Balaban J connectivity index is 2.83. The van der Waals surface area contributed by atoms with Crippen molar-refractivity contribution in [1.82, 2.24) is 4.90 Å². The number of hydrogen-bond acceptors (Lipinski definition) is 1. The van der Waals surface area contributed by atoms with Crippen molar-refractivity contribution in [3.8, 4) is 0 Å². The van der Waals surface area contributed by atoms with Crippen LogP contribution in [0.5, 0.6) is 0 Å². The Morgan fingerprint density at radius 2 is 1.80 bits per heavy atom. The van der Waals surface area contributed by atoms with Crippen molar-refractivity contribution < 1.29 is 0 Å². The van der Waals surface area contributed by atoms with Gasteiger partial charge in [0.1, 0.15) is 0 Å². The van der Waals surface area contributed by atoms with Crippen molar-refractivity contribution in [3.05, 3.63) is 0 Å². The van der Waals surface area contributed by atoms with E-state index in [1.807, 2.05) is 19.0 Å². The summed E-state index contributed by atoms with van der Waals surface area (Å²) in [5.74, 6) is 0. The minimum atomic E-state index is 1.75. The molecule has 0 rings (SSSR count). The van der Waals surface area contributed by atoms with Crippen LogP contribution in [-0.4, -0.2) is 32.6 Å². The Morgan fingerprint density at radius 3 is 1.80 bits per heavy atom. The summed E-state index contributed by atoms with van der Waals surface area (Å²) in [6, 6.07) is 0. The van der Waals surface area contributed by atoms with Gasteiger partial charge in [0, 0.05) is 0 Å². The Morgan fingerprint density at radius 1 is 1.60 bits per heavy atom. The molecule has 0 fully saturated rings. The van der Waals surface area contributed by atoms with E-state index in [4.69, 9.17) is 0 Å². The van der Waals surface area contributed by atoms with Crippen LogP contribution in [0.4, 0.5) is 0 Å². The van der Waals surface area contributed by atoms with E-state index in [9.17, 15) is 0 Å². The minimum absolute atomic E-state index is 1.75. The summed E-state index contributed by atoms with van der Waals surface area (Å²) in [6.45, 7) is 0. The van der Waals surface area contributed by atoms with Gasteiger partial charge in [0.05, 0.1) is 0 Å². The van der Waals surface area contributed by atoms with E-state index >= 15 is 0 Å². The first-order valence-electron chi connectivity index (χ1n) is 1.56. The van der Waals surface area contributed by atoms with E-state index in [1.54, 1.807) is 6.09 Å². The second-order valence-electron chi connectivity index (χ2n) is 1.15. The summed E-state index contributed by atoms with van der Waals surface area (Å²) in [4.78, 5) is 1.89. The average Bonchev–Trinajstić information content (AvgIpc) is 1.38. The van der Waals surface area contributed by atoms with Crippen molar-refractivity contribution in [2.75, 3.05) is 14.1 Å². The molecule has 5 heavy (non-hydrogen) atoms. The molecule has 28 valence electrons. The van der Waals surface area contributed by atoms with Crippen LogP contribution in [0, 0.1) is 0 Å². The molecule has 0 N–H and O–H groups in total. The summed E-state index contributed by atoms with van der Waals surface area (Å²) in [5.41, 5.74) is 0. The van der Waals surface area contributed by atoms with Crippen molar-refractivity contribution >= 4 is 13.6 Å². The molecule has 0 aromatic heterocycles. The Hall–Kier alpha value is -0.265. The number of hydrogen-bond donors (Lipinski definition) is 0. The molecule has 0 saturated heterocycles. The zero-order valence-electron chi connectivity index (χ0n) is 3.73. The van der Waals surface area contributed by atoms with E-state index in [0.717, 1.165) is 0 Å². The van der Waals surface area contributed by atoms with Crippen LogP contribution in [0.1, 0.15) is 0 Å². The monoisotopic (exact) mass is 69.1 g/mol. The molecule has 0 saturated carbocycles. The Bertz CT molecular complexity index is 33.9. The van der Waals surface area contributed by atoms with E-state index in [2.05, 4.69) is 7.49 Å². The summed E-state index contributed by atoms with van der Waals surface area (Å²) in [7, 11) is 7.36. The molecule has 0 aliphatic carbocycles. The van der Waals surface area contributed by atoms with Crippen LogP contribution >= 0.6 is 0 Å². The molecule has 0 heterocycles. The Labute approximate surface area is 33.7 Å². The standard InChI is InChI=1S/C3H8BN/c1-5(2)3-4/h3-4H,1-2H3. The molecular weight excluding hydrogens is 60.9 g/mol. The maximum absolute atomic E-state index is 3.49. The molecular formula is C3H8BN. The first-order valence-corrected chi connectivity index (χ1v) is 1.56. The molecule has 0 aliphatic heterocycles. The fourth-order valence-electron chi connectivity index (χ4n) is 0. The predicted molar refractivity (Wildman–Crippen MR) is 26.9 cm³/mol. The average molecular weight is 68.9 g/mol. The fourth-order valence-corrected chi connectivity index (χ4v) is 0. The Kier molecular flexibility index (Phi) is 1.90. The fraction of sp³-hybridized carbons (Fsp3) is 0.667. The molecule has 0 spiro atoms. The SMILES string of the molecule is B=CN(C)C. The summed E-state index contributed by atoms with van der Waals surface area (Å²) in [5, 5.41) is 0. The van der Waals surface area contributed by atoms with E-state index in [0.29, 0.717) is 0 Å². The molecule has 0 atom stereocenters. The topological polar surface area (TPSA) is 3.24 Å². The zero-order chi connectivity index (χ0) is 4.28. The number of rotatable bonds is 1. The van der Waals surface area contributed by atoms with Gasteiger partial charge < -0.3 is 0 Å². The second kappa shape index (κ2) is 2.00. The van der Waals surface area contributed by atoms with Crippen molar-refractivity contribution in [3.63, 3.8) is 0 Å². The summed E-state index contributed by atoms with van der Waals surface area (Å²) >= 11 is 0. The van der Waals surface area contributed by atoms with E-state index < -0.39 is 0 Å². The number of nitrogens with zero attached hydrogens (tertiary/aromatic N) is 1. The third kappa shape index (κ3) is 3.73. The molecule has 1 nitrogen and oxygen atoms in total. The first kappa shape index (κ1) is 4.73. The van der Waals surface area contributed by atoms with Gasteiger partial charge in [0.15, 0.2) is 0 Å². The third-order valence-corrected chi connectivity index (χ3v) is 0.365. The molecule has 2 heteroatoms. The summed E-state index contributed by atoms with van der Waals surface area (Å²) in [6.07, 6.45) is 1.75. The first-order chi connectivity index (χ1) is 2.27. The van der Waals surface area contributed by atoms with Crippen molar-refractivity contribution in [1.29, 1.82) is 0 Å². The van der Waals surface area contributed by atoms with E-state index in [1.165, 1.54) is 0 Å². The zero-order valence-corrected chi connectivity index (χ0v) is 3.73. The van der Waals surface area contributed by atoms with Crippen LogP contribution in [-0.2, 0) is 0 Å².